The molecule has 2 fully saturated rings. The smallest absolute Gasteiger partial charge is 0.312 e. The Balaban J connectivity index is 2.29. The fraction of sp³-hybridized carbons (Fsp3) is 0.889. The molecule has 4 unspecified atom stereocenters. The standard InChI is InChI=1S/C9H14O4/c1-5-8(11)13-7-6(10)3-2-4-9(5,7)12/h5-7,10,12H,2-4H2,1H3. The van der Waals surface area contributed by atoms with Crippen LogP contribution in [0.1, 0.15) is 26.2 Å². The normalized spacial score (nSPS) is 50.1. The van der Waals surface area contributed by atoms with Gasteiger partial charge in [0.05, 0.1) is 12.0 Å². The number of ether oxygens (including phenoxy) is 1. The first-order valence-electron chi connectivity index (χ1n) is 4.66. The van der Waals surface area contributed by atoms with Gasteiger partial charge in [-0.05, 0) is 26.2 Å². The predicted molar refractivity (Wildman–Crippen MR) is 43.9 cm³/mol. The molecule has 0 aromatic heterocycles. The van der Waals surface area contributed by atoms with E-state index < -0.39 is 29.7 Å². The van der Waals surface area contributed by atoms with Gasteiger partial charge in [-0.1, -0.05) is 0 Å². The molecule has 2 aliphatic rings. The Labute approximate surface area is 76.5 Å². The monoisotopic (exact) mass is 186 g/mol. The van der Waals surface area contributed by atoms with Crippen LogP contribution in [-0.4, -0.2) is 34.0 Å². The Bertz CT molecular complexity index is 240. The van der Waals surface area contributed by atoms with E-state index in [-0.39, 0.29) is 0 Å². The van der Waals surface area contributed by atoms with Crippen molar-refractivity contribution in [2.75, 3.05) is 0 Å². The average molecular weight is 186 g/mol. The Morgan fingerprint density at radius 1 is 1.62 bits per heavy atom. The maximum atomic E-state index is 11.2. The number of esters is 1. The summed E-state index contributed by atoms with van der Waals surface area (Å²) in [4.78, 5) is 11.2. The van der Waals surface area contributed by atoms with Crippen molar-refractivity contribution >= 4 is 5.97 Å². The number of carbonyl (C=O) groups is 1. The first-order valence-corrected chi connectivity index (χ1v) is 4.66. The summed E-state index contributed by atoms with van der Waals surface area (Å²) in [5.41, 5.74) is -1.13. The molecule has 0 bridgehead atoms. The SMILES string of the molecule is CC1C(=O)OC2C(O)CCCC12O. The highest BCUT2D eigenvalue weighted by Crippen LogP contribution is 2.42. The zero-order valence-electron chi connectivity index (χ0n) is 7.56. The molecular formula is C9H14O4. The van der Waals surface area contributed by atoms with E-state index in [0.29, 0.717) is 12.8 Å². The van der Waals surface area contributed by atoms with Crippen LogP contribution in [0.4, 0.5) is 0 Å². The van der Waals surface area contributed by atoms with Crippen molar-refractivity contribution in [1.29, 1.82) is 0 Å². The maximum Gasteiger partial charge on any atom is 0.312 e. The lowest BCUT2D eigenvalue weighted by molar-refractivity contribution is -0.154. The highest BCUT2D eigenvalue weighted by atomic mass is 16.6. The molecule has 1 heterocycles. The van der Waals surface area contributed by atoms with Gasteiger partial charge >= 0.3 is 5.97 Å². The molecule has 2 rings (SSSR count). The zero-order chi connectivity index (χ0) is 9.64. The molecule has 74 valence electrons. The van der Waals surface area contributed by atoms with Gasteiger partial charge in [-0.3, -0.25) is 4.79 Å². The summed E-state index contributed by atoms with van der Waals surface area (Å²) in [5, 5.41) is 19.7. The fourth-order valence-electron chi connectivity index (χ4n) is 2.30. The van der Waals surface area contributed by atoms with Crippen molar-refractivity contribution < 1.29 is 19.7 Å². The lowest BCUT2D eigenvalue weighted by Crippen LogP contribution is -2.51. The molecule has 1 saturated carbocycles. The van der Waals surface area contributed by atoms with E-state index in [1.165, 1.54) is 0 Å². The molecule has 4 atom stereocenters. The highest BCUT2D eigenvalue weighted by molar-refractivity contribution is 5.76. The van der Waals surface area contributed by atoms with Gasteiger partial charge in [-0.25, -0.2) is 0 Å². The first kappa shape index (κ1) is 8.97. The van der Waals surface area contributed by atoms with Gasteiger partial charge in [0.25, 0.3) is 0 Å². The number of hydrogen-bond acceptors (Lipinski definition) is 4. The van der Waals surface area contributed by atoms with Crippen molar-refractivity contribution in [3.63, 3.8) is 0 Å². The molecule has 13 heavy (non-hydrogen) atoms. The zero-order valence-corrected chi connectivity index (χ0v) is 7.56. The molecule has 1 aliphatic carbocycles. The van der Waals surface area contributed by atoms with Gasteiger partial charge in [-0.15, -0.1) is 0 Å². The summed E-state index contributed by atoms with van der Waals surface area (Å²) in [5.74, 6) is -0.902. The third-order valence-corrected chi connectivity index (χ3v) is 3.27. The minimum absolute atomic E-state index is 0.395. The molecular weight excluding hydrogens is 172 g/mol. The van der Waals surface area contributed by atoms with Crippen molar-refractivity contribution in [1.82, 2.24) is 0 Å². The number of aliphatic hydroxyl groups is 2. The summed E-state index contributed by atoms with van der Waals surface area (Å²) in [6, 6.07) is 0. The maximum absolute atomic E-state index is 11.2. The summed E-state index contributed by atoms with van der Waals surface area (Å²) >= 11 is 0. The molecule has 4 nitrogen and oxygen atoms in total. The van der Waals surface area contributed by atoms with E-state index in [1.54, 1.807) is 6.92 Å². The van der Waals surface area contributed by atoms with Crippen LogP contribution in [-0.2, 0) is 9.53 Å². The molecule has 1 saturated heterocycles. The number of aliphatic hydroxyl groups excluding tert-OH is 1. The van der Waals surface area contributed by atoms with E-state index in [0.717, 1.165) is 6.42 Å². The second-order valence-electron chi connectivity index (χ2n) is 4.03. The number of rotatable bonds is 0. The molecule has 0 amide bonds. The van der Waals surface area contributed by atoms with Gasteiger partial charge in [0.2, 0.25) is 0 Å². The van der Waals surface area contributed by atoms with E-state index in [1.807, 2.05) is 0 Å². The fourth-order valence-corrected chi connectivity index (χ4v) is 2.30. The molecule has 0 radical (unpaired) electrons. The summed E-state index contributed by atoms with van der Waals surface area (Å²) < 4.78 is 4.95. The van der Waals surface area contributed by atoms with E-state index in [9.17, 15) is 15.0 Å². The molecule has 0 spiro atoms. The summed E-state index contributed by atoms with van der Waals surface area (Å²) in [7, 11) is 0. The van der Waals surface area contributed by atoms with Crippen LogP contribution in [0.15, 0.2) is 0 Å². The minimum atomic E-state index is -1.13. The highest BCUT2D eigenvalue weighted by Gasteiger charge is 2.57. The average Bonchev–Trinajstić information content (AvgIpc) is 2.30. The van der Waals surface area contributed by atoms with Gasteiger partial charge in [0.15, 0.2) is 6.10 Å². The van der Waals surface area contributed by atoms with Crippen LogP contribution in [0.25, 0.3) is 0 Å². The van der Waals surface area contributed by atoms with Crippen LogP contribution in [0.3, 0.4) is 0 Å². The quantitative estimate of drug-likeness (QED) is 0.515. The number of hydrogen-bond donors (Lipinski definition) is 2. The Hall–Kier alpha value is -0.610. The first-order chi connectivity index (χ1) is 6.05. The lowest BCUT2D eigenvalue weighted by atomic mass is 9.75. The third kappa shape index (κ3) is 1.09. The predicted octanol–water partition coefficient (Wildman–Crippen LogP) is -0.176. The Morgan fingerprint density at radius 2 is 2.31 bits per heavy atom. The van der Waals surface area contributed by atoms with Crippen molar-refractivity contribution in [3.8, 4) is 0 Å². The largest absolute Gasteiger partial charge is 0.456 e. The lowest BCUT2D eigenvalue weighted by Gasteiger charge is -2.36. The van der Waals surface area contributed by atoms with E-state index in [4.69, 9.17) is 4.74 Å². The van der Waals surface area contributed by atoms with Crippen LogP contribution < -0.4 is 0 Å². The Kier molecular flexibility index (Phi) is 1.85. The van der Waals surface area contributed by atoms with Gasteiger partial charge in [0, 0.05) is 0 Å². The van der Waals surface area contributed by atoms with Crippen LogP contribution in [0.2, 0.25) is 0 Å². The summed E-state index contributed by atoms with van der Waals surface area (Å²) in [6.07, 6.45) is 0.487. The minimum Gasteiger partial charge on any atom is -0.456 e. The van der Waals surface area contributed by atoms with Crippen molar-refractivity contribution in [3.05, 3.63) is 0 Å². The van der Waals surface area contributed by atoms with E-state index >= 15 is 0 Å². The molecule has 4 heteroatoms. The summed E-state index contributed by atoms with van der Waals surface area (Å²) in [6.45, 7) is 1.65. The molecule has 0 aromatic carbocycles. The second kappa shape index (κ2) is 2.69. The van der Waals surface area contributed by atoms with E-state index in [2.05, 4.69) is 0 Å². The molecule has 2 N–H and O–H groups in total. The van der Waals surface area contributed by atoms with Crippen LogP contribution >= 0.6 is 0 Å². The third-order valence-electron chi connectivity index (χ3n) is 3.27. The van der Waals surface area contributed by atoms with Gasteiger partial charge in [-0.2, -0.15) is 0 Å². The second-order valence-corrected chi connectivity index (χ2v) is 4.03. The number of fused-ring (bicyclic) bond motifs is 1. The van der Waals surface area contributed by atoms with Crippen molar-refractivity contribution in [2.24, 2.45) is 5.92 Å². The van der Waals surface area contributed by atoms with Crippen molar-refractivity contribution in [2.45, 2.75) is 44.0 Å². The van der Waals surface area contributed by atoms with Crippen LogP contribution in [0, 0.1) is 5.92 Å². The van der Waals surface area contributed by atoms with Gasteiger partial charge < -0.3 is 14.9 Å². The topological polar surface area (TPSA) is 66.8 Å². The molecule has 0 aromatic rings. The molecule has 1 aliphatic heterocycles. The van der Waals surface area contributed by atoms with Crippen LogP contribution in [0.5, 0.6) is 0 Å². The number of carbonyl (C=O) groups excluding carboxylic acids is 1. The Morgan fingerprint density at radius 3 is 2.92 bits per heavy atom. The van der Waals surface area contributed by atoms with Gasteiger partial charge in [0.1, 0.15) is 5.60 Å².